The van der Waals surface area contributed by atoms with E-state index in [9.17, 15) is 21.5 Å². The average Bonchev–Trinajstić information content (AvgIpc) is 2.99. The first kappa shape index (κ1) is 22.9. The molecule has 1 aliphatic heterocycles. The van der Waals surface area contributed by atoms with Gasteiger partial charge in [-0.05, 0) is 62.6 Å². The lowest BCUT2D eigenvalue weighted by molar-refractivity contribution is -0.00865. The fraction of sp³-hybridized carbons (Fsp3) is 0.650. The number of carbonyl (C=O) groups is 1. The van der Waals surface area contributed by atoms with Gasteiger partial charge in [0, 0.05) is 12.1 Å². The largest absolute Gasteiger partial charge is 0.453 e. The summed E-state index contributed by atoms with van der Waals surface area (Å²) in [5.74, 6) is 0.0233. The summed E-state index contributed by atoms with van der Waals surface area (Å²) < 4.78 is 61.7. The molecule has 10 heteroatoms. The van der Waals surface area contributed by atoms with Crippen LogP contribution in [-0.2, 0) is 19.9 Å². The molecular weight excluding hydrogens is 418 g/mol. The van der Waals surface area contributed by atoms with Gasteiger partial charge in [-0.15, -0.1) is 0 Å². The van der Waals surface area contributed by atoms with Gasteiger partial charge in [0.05, 0.1) is 25.9 Å². The van der Waals surface area contributed by atoms with Gasteiger partial charge in [-0.1, -0.05) is 16.0 Å². The molecule has 0 unspecified atom stereocenters. The molecule has 7 nitrogen and oxygen atoms in total. The number of amides is 1. The molecular formula is C20H28F2N2O5S. The summed E-state index contributed by atoms with van der Waals surface area (Å²) in [6.45, 7) is 1.82. The van der Waals surface area contributed by atoms with E-state index >= 15 is 0 Å². The molecule has 0 spiro atoms. The van der Waals surface area contributed by atoms with E-state index in [1.807, 2.05) is 10.8 Å². The zero-order chi connectivity index (χ0) is 21.9. The molecule has 1 aliphatic carbocycles. The highest BCUT2D eigenvalue weighted by Crippen LogP contribution is 2.35. The normalized spacial score (nSPS) is 29.7. The maximum absolute atomic E-state index is 13.5. The highest BCUT2D eigenvalue weighted by atomic mass is 32.3. The van der Waals surface area contributed by atoms with Crippen molar-refractivity contribution in [2.75, 3.05) is 13.7 Å². The Morgan fingerprint density at radius 1 is 1.27 bits per heavy atom. The number of carbonyl (C=O) groups excluding carboxylic acids is 1. The van der Waals surface area contributed by atoms with E-state index in [0.29, 0.717) is 0 Å². The predicted molar refractivity (Wildman–Crippen MR) is 106 cm³/mol. The summed E-state index contributed by atoms with van der Waals surface area (Å²) in [7, 11) is -3.68. The van der Waals surface area contributed by atoms with E-state index in [-0.39, 0.29) is 36.9 Å². The Morgan fingerprint density at radius 3 is 2.57 bits per heavy atom. The molecule has 1 saturated carbocycles. The van der Waals surface area contributed by atoms with Crippen LogP contribution in [0.25, 0.3) is 0 Å². The lowest BCUT2D eigenvalue weighted by Crippen LogP contribution is -2.50. The third-order valence-corrected chi connectivity index (χ3v) is 6.65. The number of hydrogen-bond donors (Lipinski definition) is 1. The zero-order valence-corrected chi connectivity index (χ0v) is 17.9. The molecule has 3 atom stereocenters. The Kier molecular flexibility index (Phi) is 7.30. The van der Waals surface area contributed by atoms with Crippen molar-refractivity contribution in [1.82, 2.24) is 9.62 Å². The first-order valence-corrected chi connectivity index (χ1v) is 11.5. The average molecular weight is 447 g/mol. The molecule has 1 aromatic carbocycles. The van der Waals surface area contributed by atoms with Crippen molar-refractivity contribution in [3.05, 3.63) is 35.6 Å². The van der Waals surface area contributed by atoms with Crippen LogP contribution in [0.15, 0.2) is 24.3 Å². The van der Waals surface area contributed by atoms with Crippen molar-refractivity contribution in [3.8, 4) is 0 Å². The van der Waals surface area contributed by atoms with Crippen LogP contribution in [0.1, 0.15) is 50.5 Å². The number of methoxy groups -OCH3 is 1. The minimum absolute atomic E-state index is 0.0622. The maximum Gasteiger partial charge on any atom is 0.410 e. The van der Waals surface area contributed by atoms with Crippen LogP contribution in [0.3, 0.4) is 0 Å². The molecule has 3 rings (SSSR count). The number of nitrogens with zero attached hydrogens (tertiary/aromatic N) is 1. The lowest BCUT2D eigenvalue weighted by atomic mass is 9.82. The first-order chi connectivity index (χ1) is 14.2. The number of likely N-dealkylation sites (tertiary alicyclic amines) is 1. The number of ether oxygens (including phenoxy) is 2. The van der Waals surface area contributed by atoms with Crippen molar-refractivity contribution < 1.29 is 31.0 Å². The summed E-state index contributed by atoms with van der Waals surface area (Å²) in [4.78, 5) is 13.6. The fourth-order valence-electron chi connectivity index (χ4n) is 4.64. The van der Waals surface area contributed by atoms with Gasteiger partial charge in [-0.2, -0.15) is 13.1 Å². The van der Waals surface area contributed by atoms with E-state index in [1.54, 1.807) is 19.1 Å². The molecule has 1 saturated heterocycles. The van der Waals surface area contributed by atoms with E-state index in [1.165, 1.54) is 18.1 Å². The van der Waals surface area contributed by atoms with Gasteiger partial charge < -0.3 is 9.47 Å². The summed E-state index contributed by atoms with van der Waals surface area (Å²) in [5.41, 5.74) is 0.979. The topological polar surface area (TPSA) is 84.9 Å². The molecule has 2 aliphatic rings. The van der Waals surface area contributed by atoms with Crippen LogP contribution < -0.4 is 4.72 Å². The third kappa shape index (κ3) is 5.67. The molecule has 1 N–H and O–H groups in total. The van der Waals surface area contributed by atoms with Gasteiger partial charge >= 0.3 is 16.5 Å². The SMILES string of the molecule is COC(=O)N1[C@H](C)C[C@H](NS(=O)(=O)F)[C@@H]1COC1CCC(c2cccc(F)c2)CC1. The standard InChI is InChI=1S/C20H28F2N2O5S/c1-13-10-18(23-30(22,26)27)19(24(13)20(25)28-2)12-29-17-8-6-14(7-9-17)15-4-3-5-16(21)11-15/h3-5,11,13-14,17-19,23H,6-10,12H2,1-2H3/t13-,14?,17?,18+,19+/m1/s1. The van der Waals surface area contributed by atoms with Crippen molar-refractivity contribution >= 4 is 16.5 Å². The summed E-state index contributed by atoms with van der Waals surface area (Å²) in [6.07, 6.45) is 2.81. The molecule has 1 heterocycles. The molecule has 30 heavy (non-hydrogen) atoms. The van der Waals surface area contributed by atoms with E-state index in [4.69, 9.17) is 9.47 Å². The minimum atomic E-state index is -4.92. The zero-order valence-electron chi connectivity index (χ0n) is 17.1. The van der Waals surface area contributed by atoms with Crippen LogP contribution in [0.4, 0.5) is 13.1 Å². The van der Waals surface area contributed by atoms with Crippen LogP contribution in [0.5, 0.6) is 0 Å². The summed E-state index contributed by atoms with van der Waals surface area (Å²) in [5, 5.41) is 0. The van der Waals surface area contributed by atoms with Crippen molar-refractivity contribution in [3.63, 3.8) is 0 Å². The van der Waals surface area contributed by atoms with Gasteiger partial charge in [0.1, 0.15) is 5.82 Å². The Morgan fingerprint density at radius 2 is 1.97 bits per heavy atom. The molecule has 0 bridgehead atoms. The first-order valence-electron chi connectivity index (χ1n) is 10.1. The fourth-order valence-corrected chi connectivity index (χ4v) is 5.26. The van der Waals surface area contributed by atoms with E-state index < -0.39 is 28.6 Å². The number of benzene rings is 1. The Labute approximate surface area is 176 Å². The number of nitrogens with one attached hydrogen (secondary N) is 1. The second kappa shape index (κ2) is 9.57. The molecule has 0 radical (unpaired) electrons. The summed E-state index contributed by atoms with van der Waals surface area (Å²) in [6, 6.07) is 4.84. The third-order valence-electron chi connectivity index (χ3n) is 6.07. The smallest absolute Gasteiger partial charge is 0.410 e. The predicted octanol–water partition coefficient (Wildman–Crippen LogP) is 3.27. The van der Waals surface area contributed by atoms with Crippen molar-refractivity contribution in [2.45, 2.75) is 69.2 Å². The molecule has 168 valence electrons. The Hall–Kier alpha value is -1.78. The molecule has 2 fully saturated rings. The minimum Gasteiger partial charge on any atom is -0.453 e. The Bertz CT molecular complexity index is 845. The lowest BCUT2D eigenvalue weighted by Gasteiger charge is -2.33. The second-order valence-corrected chi connectivity index (χ2v) is 9.16. The number of halogens is 2. The van der Waals surface area contributed by atoms with E-state index in [0.717, 1.165) is 31.2 Å². The van der Waals surface area contributed by atoms with Crippen molar-refractivity contribution in [1.29, 1.82) is 0 Å². The maximum atomic E-state index is 13.5. The van der Waals surface area contributed by atoms with Gasteiger partial charge in [-0.3, -0.25) is 4.90 Å². The van der Waals surface area contributed by atoms with Gasteiger partial charge in [-0.25, -0.2) is 9.18 Å². The monoisotopic (exact) mass is 446 g/mol. The highest BCUT2D eigenvalue weighted by Gasteiger charge is 2.44. The van der Waals surface area contributed by atoms with Crippen molar-refractivity contribution in [2.24, 2.45) is 0 Å². The highest BCUT2D eigenvalue weighted by molar-refractivity contribution is 7.84. The Balaban J connectivity index is 1.60. The molecule has 1 amide bonds. The van der Waals surface area contributed by atoms with Crippen LogP contribution in [0.2, 0.25) is 0 Å². The van der Waals surface area contributed by atoms with Gasteiger partial charge in [0.2, 0.25) is 0 Å². The number of hydrogen-bond acceptors (Lipinski definition) is 5. The number of rotatable bonds is 6. The summed E-state index contributed by atoms with van der Waals surface area (Å²) >= 11 is 0. The van der Waals surface area contributed by atoms with Gasteiger partial charge in [0.15, 0.2) is 0 Å². The quantitative estimate of drug-likeness (QED) is 0.678. The second-order valence-electron chi connectivity index (χ2n) is 8.05. The molecule has 1 aromatic rings. The van der Waals surface area contributed by atoms with E-state index in [2.05, 4.69) is 0 Å². The molecule has 0 aromatic heterocycles. The van der Waals surface area contributed by atoms with Crippen LogP contribution >= 0.6 is 0 Å². The van der Waals surface area contributed by atoms with Crippen LogP contribution in [0, 0.1) is 5.82 Å². The van der Waals surface area contributed by atoms with Gasteiger partial charge in [0.25, 0.3) is 0 Å². The van der Waals surface area contributed by atoms with Crippen LogP contribution in [-0.4, -0.2) is 57.4 Å².